The third kappa shape index (κ3) is 4.16. The Hall–Kier alpha value is -2.56. The lowest BCUT2D eigenvalue weighted by Crippen LogP contribution is -2.41. The fraction of sp³-hybridized carbons (Fsp3) is 0.350. The zero-order valence-corrected chi connectivity index (χ0v) is 18.3. The maximum absolute atomic E-state index is 12.6. The summed E-state index contributed by atoms with van der Waals surface area (Å²) in [5.41, 5.74) is 2.97. The number of rotatable bonds is 5. The molecule has 0 unspecified atom stereocenters. The van der Waals surface area contributed by atoms with Crippen LogP contribution < -0.4 is 5.32 Å². The molecular weight excluding hydrogens is 424 g/mol. The van der Waals surface area contributed by atoms with Crippen LogP contribution in [0.5, 0.6) is 0 Å². The summed E-state index contributed by atoms with van der Waals surface area (Å²) in [5.74, 6) is -0.199. The van der Waals surface area contributed by atoms with Gasteiger partial charge >= 0.3 is 6.01 Å². The number of thiophene rings is 1. The largest absolute Gasteiger partial charge is 0.403 e. The molecule has 3 aromatic rings. The number of aromatic nitrogens is 2. The van der Waals surface area contributed by atoms with Crippen LogP contribution in [0.4, 0.5) is 6.01 Å². The number of hydrogen-bond donors (Lipinski definition) is 1. The van der Waals surface area contributed by atoms with E-state index in [1.54, 1.807) is 17.5 Å². The van der Waals surface area contributed by atoms with Crippen LogP contribution in [0.25, 0.3) is 11.5 Å². The summed E-state index contributed by atoms with van der Waals surface area (Å²) in [7, 11) is -3.48. The molecule has 1 fully saturated rings. The summed E-state index contributed by atoms with van der Waals surface area (Å²) < 4.78 is 32.6. The molecule has 1 amide bonds. The molecule has 30 heavy (non-hydrogen) atoms. The van der Waals surface area contributed by atoms with Crippen molar-refractivity contribution in [2.24, 2.45) is 5.92 Å². The molecule has 10 heteroatoms. The van der Waals surface area contributed by atoms with E-state index in [-0.39, 0.29) is 17.8 Å². The summed E-state index contributed by atoms with van der Waals surface area (Å²) >= 11 is 1.20. The first kappa shape index (κ1) is 20.7. The standard InChI is InChI=1S/C20H22N4O4S2/c1-13-5-6-16(14(2)12-13)19-22-23-20(28-19)21-18(25)15-7-9-24(10-8-15)30(26,27)17-4-3-11-29-17/h3-6,11-12,15H,7-10H2,1-2H3,(H,21,23,25). The van der Waals surface area contributed by atoms with Gasteiger partial charge in [0.25, 0.3) is 10.0 Å². The molecule has 1 aromatic carbocycles. The first-order chi connectivity index (χ1) is 14.3. The molecule has 1 aliphatic rings. The van der Waals surface area contributed by atoms with Crippen LogP contribution in [-0.2, 0) is 14.8 Å². The number of aryl methyl sites for hydroxylation is 2. The SMILES string of the molecule is Cc1ccc(-c2nnc(NC(=O)C3CCN(S(=O)(=O)c4cccs4)CC3)o2)c(C)c1. The van der Waals surface area contributed by atoms with Crippen LogP contribution in [0.1, 0.15) is 24.0 Å². The van der Waals surface area contributed by atoms with E-state index in [1.807, 2.05) is 32.0 Å². The number of benzene rings is 1. The number of anilines is 1. The highest BCUT2D eigenvalue weighted by atomic mass is 32.2. The molecular formula is C20H22N4O4S2. The quantitative estimate of drug-likeness (QED) is 0.643. The third-order valence-electron chi connectivity index (χ3n) is 5.18. The molecule has 8 nitrogen and oxygen atoms in total. The van der Waals surface area contributed by atoms with Gasteiger partial charge in [0.05, 0.1) is 0 Å². The van der Waals surface area contributed by atoms with E-state index >= 15 is 0 Å². The number of piperidine rings is 1. The van der Waals surface area contributed by atoms with Gasteiger partial charge in [-0.2, -0.15) is 4.31 Å². The van der Waals surface area contributed by atoms with Crippen molar-refractivity contribution in [3.8, 4) is 11.5 Å². The minimum Gasteiger partial charge on any atom is -0.403 e. The van der Waals surface area contributed by atoms with Crippen molar-refractivity contribution in [1.82, 2.24) is 14.5 Å². The number of carbonyl (C=O) groups is 1. The number of sulfonamides is 1. The van der Waals surface area contributed by atoms with Gasteiger partial charge in [-0.25, -0.2) is 8.42 Å². The summed E-state index contributed by atoms with van der Waals surface area (Å²) in [6.45, 7) is 4.57. The number of amides is 1. The van der Waals surface area contributed by atoms with Gasteiger partial charge < -0.3 is 4.42 Å². The number of nitrogens with zero attached hydrogens (tertiary/aromatic N) is 3. The second-order valence-corrected chi connectivity index (χ2v) is 10.4. The van der Waals surface area contributed by atoms with Crippen molar-refractivity contribution >= 4 is 33.3 Å². The van der Waals surface area contributed by atoms with Crippen molar-refractivity contribution in [2.45, 2.75) is 30.9 Å². The first-order valence-corrected chi connectivity index (χ1v) is 11.9. The normalized spacial score (nSPS) is 15.9. The third-order valence-corrected chi connectivity index (χ3v) is 8.45. The van der Waals surface area contributed by atoms with Crippen LogP contribution in [0.2, 0.25) is 0 Å². The average Bonchev–Trinajstić information content (AvgIpc) is 3.41. The van der Waals surface area contributed by atoms with Crippen molar-refractivity contribution < 1.29 is 17.6 Å². The lowest BCUT2D eigenvalue weighted by Gasteiger charge is -2.29. The Morgan fingerprint density at radius 1 is 1.20 bits per heavy atom. The number of carbonyl (C=O) groups excluding carboxylic acids is 1. The second-order valence-electron chi connectivity index (χ2n) is 7.33. The molecule has 158 valence electrons. The van der Waals surface area contributed by atoms with Crippen molar-refractivity contribution in [2.75, 3.05) is 18.4 Å². The molecule has 4 rings (SSSR count). The zero-order valence-electron chi connectivity index (χ0n) is 16.7. The smallest absolute Gasteiger partial charge is 0.322 e. The maximum Gasteiger partial charge on any atom is 0.322 e. The summed E-state index contributed by atoms with van der Waals surface area (Å²) in [6.07, 6.45) is 0.878. The molecule has 0 radical (unpaired) electrons. The molecule has 2 aromatic heterocycles. The summed E-state index contributed by atoms with van der Waals surface area (Å²) in [5, 5.41) is 12.4. The molecule has 1 saturated heterocycles. The van der Waals surface area contributed by atoms with E-state index in [2.05, 4.69) is 15.5 Å². The van der Waals surface area contributed by atoms with Gasteiger partial charge in [0, 0.05) is 24.6 Å². The van der Waals surface area contributed by atoms with E-state index in [0.29, 0.717) is 36.0 Å². The van der Waals surface area contributed by atoms with E-state index in [0.717, 1.165) is 16.7 Å². The van der Waals surface area contributed by atoms with Gasteiger partial charge in [-0.15, -0.1) is 16.4 Å². The molecule has 1 N–H and O–H groups in total. The Kier molecular flexibility index (Phi) is 5.72. The van der Waals surface area contributed by atoms with Crippen molar-refractivity contribution in [3.05, 3.63) is 46.8 Å². The van der Waals surface area contributed by atoms with Crippen molar-refractivity contribution in [3.63, 3.8) is 0 Å². The summed E-state index contributed by atoms with van der Waals surface area (Å²) in [4.78, 5) is 12.6. The van der Waals surface area contributed by atoms with E-state index < -0.39 is 10.0 Å². The lowest BCUT2D eigenvalue weighted by atomic mass is 9.97. The van der Waals surface area contributed by atoms with E-state index in [4.69, 9.17) is 4.42 Å². The highest BCUT2D eigenvalue weighted by molar-refractivity contribution is 7.91. The predicted molar refractivity (Wildman–Crippen MR) is 114 cm³/mol. The Morgan fingerprint density at radius 2 is 1.97 bits per heavy atom. The topological polar surface area (TPSA) is 105 Å². The molecule has 1 aliphatic heterocycles. The summed E-state index contributed by atoms with van der Waals surface area (Å²) in [6, 6.07) is 9.26. The minimum absolute atomic E-state index is 0.0450. The highest BCUT2D eigenvalue weighted by Crippen LogP contribution is 2.28. The van der Waals surface area contributed by atoms with E-state index in [9.17, 15) is 13.2 Å². The number of nitrogens with one attached hydrogen (secondary N) is 1. The maximum atomic E-state index is 12.6. The Bertz CT molecular complexity index is 1150. The van der Waals surface area contributed by atoms with Gasteiger partial charge in [0.1, 0.15) is 4.21 Å². The molecule has 0 saturated carbocycles. The van der Waals surface area contributed by atoms with Gasteiger partial charge in [0.2, 0.25) is 11.8 Å². The lowest BCUT2D eigenvalue weighted by molar-refractivity contribution is -0.121. The van der Waals surface area contributed by atoms with Crippen LogP contribution in [-0.4, -0.2) is 41.9 Å². The van der Waals surface area contributed by atoms with Crippen LogP contribution >= 0.6 is 11.3 Å². The van der Waals surface area contributed by atoms with Gasteiger partial charge in [-0.3, -0.25) is 10.1 Å². The Morgan fingerprint density at radius 3 is 2.63 bits per heavy atom. The average molecular weight is 447 g/mol. The van der Waals surface area contributed by atoms with Gasteiger partial charge in [0.15, 0.2) is 0 Å². The fourth-order valence-electron chi connectivity index (χ4n) is 3.54. The monoisotopic (exact) mass is 446 g/mol. The van der Waals surface area contributed by atoms with Crippen LogP contribution in [0.3, 0.4) is 0 Å². The Labute approximate surface area is 179 Å². The Balaban J connectivity index is 1.37. The predicted octanol–water partition coefficient (Wildman–Crippen LogP) is 3.45. The molecule has 0 spiro atoms. The molecule has 3 heterocycles. The second kappa shape index (κ2) is 8.29. The van der Waals surface area contributed by atoms with Crippen LogP contribution in [0, 0.1) is 19.8 Å². The fourth-order valence-corrected chi connectivity index (χ4v) is 6.15. The van der Waals surface area contributed by atoms with Gasteiger partial charge in [-0.05, 0) is 49.8 Å². The minimum atomic E-state index is -3.48. The molecule has 0 atom stereocenters. The van der Waals surface area contributed by atoms with Gasteiger partial charge in [-0.1, -0.05) is 28.9 Å². The van der Waals surface area contributed by atoms with Crippen molar-refractivity contribution in [1.29, 1.82) is 0 Å². The van der Waals surface area contributed by atoms with Crippen LogP contribution in [0.15, 0.2) is 44.3 Å². The van der Waals surface area contributed by atoms with E-state index in [1.165, 1.54) is 15.6 Å². The number of hydrogen-bond acceptors (Lipinski definition) is 7. The highest BCUT2D eigenvalue weighted by Gasteiger charge is 2.33. The molecule has 0 aliphatic carbocycles. The molecule has 0 bridgehead atoms. The zero-order chi connectivity index (χ0) is 21.3. The first-order valence-electron chi connectivity index (χ1n) is 9.60.